The van der Waals surface area contributed by atoms with E-state index in [1.165, 1.54) is 0 Å². The normalized spacial score (nSPS) is 13.1. The van der Waals surface area contributed by atoms with Crippen LogP contribution in [0.25, 0.3) is 10.9 Å². The number of carbonyl (C=O) groups excluding carboxylic acids is 2. The van der Waals surface area contributed by atoms with Crippen LogP contribution in [0.5, 0.6) is 0 Å². The minimum Gasteiger partial charge on any atom is -0.429 e. The minimum atomic E-state index is -1.05. The minimum absolute atomic E-state index is 0.0288. The van der Waals surface area contributed by atoms with Crippen LogP contribution < -0.4 is 5.73 Å². The molecule has 0 radical (unpaired) electrons. The molecule has 0 aliphatic rings. The molecule has 1 heterocycles. The molecule has 0 fully saturated rings. The maximum Gasteiger partial charge on any atom is 0.516 e. The zero-order valence-electron chi connectivity index (χ0n) is 15.3. The first-order chi connectivity index (χ1) is 13.0. The van der Waals surface area contributed by atoms with Gasteiger partial charge in [-0.05, 0) is 17.2 Å². The van der Waals surface area contributed by atoms with Crippen LogP contribution in [0.1, 0.15) is 24.0 Å². The number of esters is 1. The van der Waals surface area contributed by atoms with Crippen molar-refractivity contribution in [2.75, 3.05) is 0 Å². The summed E-state index contributed by atoms with van der Waals surface area (Å²) in [5.74, 6) is -1.14. The Hall–Kier alpha value is -3.12. The fraction of sp³-hybridized carbons (Fsp3) is 0.238. The van der Waals surface area contributed by atoms with Gasteiger partial charge in [-0.2, -0.15) is 0 Å². The molecule has 2 aromatic carbocycles. The summed E-state index contributed by atoms with van der Waals surface area (Å²) in [6.07, 6.45) is 0.889. The molecule has 140 valence electrons. The lowest BCUT2D eigenvalue weighted by atomic mass is 9.93. The first-order valence-corrected chi connectivity index (χ1v) is 8.69. The molecule has 2 N–H and O–H groups in total. The lowest BCUT2D eigenvalue weighted by Crippen LogP contribution is -2.38. The maximum absolute atomic E-state index is 12.3. The summed E-state index contributed by atoms with van der Waals surface area (Å²) in [7, 11) is 1.93. The molecule has 0 amide bonds. The van der Waals surface area contributed by atoms with Crippen molar-refractivity contribution in [3.05, 3.63) is 71.9 Å². The second-order valence-electron chi connectivity index (χ2n) is 6.47. The third-order valence-corrected chi connectivity index (χ3v) is 4.61. The maximum atomic E-state index is 12.3. The molecule has 0 bridgehead atoms. The number of aromatic nitrogens is 1. The Labute approximate surface area is 157 Å². The molecular weight excluding hydrogens is 344 g/mol. The van der Waals surface area contributed by atoms with Gasteiger partial charge in [-0.1, -0.05) is 55.5 Å². The number of hydrogen-bond donors (Lipinski definition) is 1. The molecule has 3 rings (SSSR count). The summed E-state index contributed by atoms with van der Waals surface area (Å²) >= 11 is 0. The first-order valence-electron chi connectivity index (χ1n) is 8.69. The van der Waals surface area contributed by atoms with Crippen molar-refractivity contribution in [3.8, 4) is 0 Å². The van der Waals surface area contributed by atoms with E-state index in [0.29, 0.717) is 0 Å². The van der Waals surface area contributed by atoms with Crippen LogP contribution in [0.4, 0.5) is 4.79 Å². The van der Waals surface area contributed by atoms with E-state index in [-0.39, 0.29) is 12.5 Å². The molecule has 0 spiro atoms. The largest absolute Gasteiger partial charge is 0.516 e. The molecule has 3 aromatic rings. The summed E-state index contributed by atoms with van der Waals surface area (Å²) in [5.41, 5.74) is 8.83. The van der Waals surface area contributed by atoms with Gasteiger partial charge in [0.2, 0.25) is 0 Å². The van der Waals surface area contributed by atoms with Gasteiger partial charge in [-0.15, -0.1) is 0 Å². The fourth-order valence-electron chi connectivity index (χ4n) is 3.03. The predicted molar refractivity (Wildman–Crippen MR) is 102 cm³/mol. The van der Waals surface area contributed by atoms with E-state index in [1.807, 2.05) is 79.3 Å². The highest BCUT2D eigenvalue weighted by Crippen LogP contribution is 2.29. The highest BCUT2D eigenvalue weighted by Gasteiger charge is 2.28. The molecule has 1 aromatic heterocycles. The average Bonchev–Trinajstić information content (AvgIpc) is 3.03. The number of nitrogens with zero attached hydrogens (tertiary/aromatic N) is 1. The van der Waals surface area contributed by atoms with Crippen LogP contribution >= 0.6 is 0 Å². The van der Waals surface area contributed by atoms with Crippen LogP contribution in [0.15, 0.2) is 60.8 Å². The lowest BCUT2D eigenvalue weighted by Gasteiger charge is -2.17. The van der Waals surface area contributed by atoms with E-state index < -0.39 is 18.2 Å². The Kier molecular flexibility index (Phi) is 5.57. The van der Waals surface area contributed by atoms with Gasteiger partial charge in [0.25, 0.3) is 0 Å². The topological polar surface area (TPSA) is 83.5 Å². The van der Waals surface area contributed by atoms with Crippen molar-refractivity contribution in [3.63, 3.8) is 0 Å². The summed E-state index contributed by atoms with van der Waals surface area (Å²) < 4.78 is 11.7. The van der Waals surface area contributed by atoms with Crippen LogP contribution in [0, 0.1) is 0 Å². The van der Waals surface area contributed by atoms with E-state index in [9.17, 15) is 9.59 Å². The van der Waals surface area contributed by atoms with E-state index in [2.05, 4.69) is 0 Å². The Morgan fingerprint density at radius 1 is 1.07 bits per heavy atom. The summed E-state index contributed by atoms with van der Waals surface area (Å²) in [6.45, 7) is 1.87. The number of benzene rings is 2. The van der Waals surface area contributed by atoms with Crippen molar-refractivity contribution >= 4 is 23.0 Å². The first kappa shape index (κ1) is 18.7. The summed E-state index contributed by atoms with van der Waals surface area (Å²) in [4.78, 5) is 24.0. The third-order valence-electron chi connectivity index (χ3n) is 4.61. The molecule has 0 aliphatic carbocycles. The van der Waals surface area contributed by atoms with E-state index in [1.54, 1.807) is 0 Å². The van der Waals surface area contributed by atoms with Crippen LogP contribution in [-0.2, 0) is 27.9 Å². The van der Waals surface area contributed by atoms with Crippen molar-refractivity contribution < 1.29 is 19.1 Å². The third kappa shape index (κ3) is 4.17. The molecule has 6 heteroatoms. The van der Waals surface area contributed by atoms with Gasteiger partial charge in [-0.3, -0.25) is 0 Å². The number of hydrogen-bond acceptors (Lipinski definition) is 5. The van der Waals surface area contributed by atoms with Crippen LogP contribution in [-0.4, -0.2) is 22.7 Å². The Morgan fingerprint density at radius 3 is 2.48 bits per heavy atom. The van der Waals surface area contributed by atoms with E-state index >= 15 is 0 Å². The fourth-order valence-corrected chi connectivity index (χ4v) is 3.03. The SMILES string of the molecule is CC(c1cn(C)c2ccccc12)[C@H](N)C(=O)OC(=O)OCc1ccccc1. The van der Waals surface area contributed by atoms with Crippen LogP contribution in [0.3, 0.4) is 0 Å². The number of rotatable bonds is 5. The molecule has 1 unspecified atom stereocenters. The Bertz CT molecular complexity index is 949. The zero-order valence-corrected chi connectivity index (χ0v) is 15.3. The standard InChI is InChI=1S/C21H22N2O4/c1-14(17-12-23(2)18-11-7-6-10-16(17)18)19(22)20(24)27-21(25)26-13-15-8-4-3-5-9-15/h3-12,14,19H,13,22H2,1-2H3/t14?,19-/m0/s1. The summed E-state index contributed by atoms with van der Waals surface area (Å²) in [5, 5.41) is 1.02. The van der Waals surface area contributed by atoms with Gasteiger partial charge >= 0.3 is 12.1 Å². The second-order valence-corrected chi connectivity index (χ2v) is 6.47. The van der Waals surface area contributed by atoms with Gasteiger partial charge in [0, 0.05) is 30.1 Å². The molecule has 0 saturated carbocycles. The van der Waals surface area contributed by atoms with E-state index in [4.69, 9.17) is 15.2 Å². The number of carbonyl (C=O) groups is 2. The highest BCUT2D eigenvalue weighted by atomic mass is 16.7. The number of nitrogens with two attached hydrogens (primary N) is 1. The van der Waals surface area contributed by atoms with Gasteiger partial charge in [-0.25, -0.2) is 9.59 Å². The van der Waals surface area contributed by atoms with Crippen molar-refractivity contribution in [1.29, 1.82) is 0 Å². The Balaban J connectivity index is 1.63. The molecule has 27 heavy (non-hydrogen) atoms. The Morgan fingerprint density at radius 2 is 1.74 bits per heavy atom. The second kappa shape index (κ2) is 8.05. The number of para-hydroxylation sites is 1. The molecular formula is C21H22N2O4. The number of fused-ring (bicyclic) bond motifs is 1. The van der Waals surface area contributed by atoms with Crippen molar-refractivity contribution in [2.45, 2.75) is 25.5 Å². The van der Waals surface area contributed by atoms with Gasteiger partial charge < -0.3 is 19.8 Å². The molecule has 0 aliphatic heterocycles. The monoisotopic (exact) mass is 366 g/mol. The molecule has 0 saturated heterocycles. The van der Waals surface area contributed by atoms with Crippen molar-refractivity contribution in [2.24, 2.45) is 12.8 Å². The highest BCUT2D eigenvalue weighted by molar-refractivity contribution is 5.89. The quantitative estimate of drug-likeness (QED) is 0.552. The van der Waals surface area contributed by atoms with Gasteiger partial charge in [0.1, 0.15) is 12.6 Å². The summed E-state index contributed by atoms with van der Waals surface area (Å²) in [6, 6.07) is 16.0. The van der Waals surface area contributed by atoms with Gasteiger partial charge in [0.05, 0.1) is 0 Å². The van der Waals surface area contributed by atoms with Crippen LogP contribution in [0.2, 0.25) is 0 Å². The van der Waals surface area contributed by atoms with Gasteiger partial charge in [0.15, 0.2) is 0 Å². The predicted octanol–water partition coefficient (Wildman–Crippen LogP) is 3.49. The number of aryl methyl sites for hydroxylation is 1. The lowest BCUT2D eigenvalue weighted by molar-refractivity contribution is -0.142. The average molecular weight is 366 g/mol. The smallest absolute Gasteiger partial charge is 0.429 e. The van der Waals surface area contributed by atoms with E-state index in [0.717, 1.165) is 22.0 Å². The van der Waals surface area contributed by atoms with Crippen molar-refractivity contribution in [1.82, 2.24) is 4.57 Å². The molecule has 2 atom stereocenters. The molecule has 6 nitrogen and oxygen atoms in total. The zero-order chi connectivity index (χ0) is 19.4. The number of ether oxygens (including phenoxy) is 2.